The molecule has 6 heteroatoms. The molecule has 1 heterocycles. The van der Waals surface area contributed by atoms with Gasteiger partial charge in [0.05, 0.1) is 18.5 Å². The predicted octanol–water partition coefficient (Wildman–Crippen LogP) is 2.31. The Morgan fingerprint density at radius 3 is 2.32 bits per heavy atom. The van der Waals surface area contributed by atoms with Gasteiger partial charge in [-0.15, -0.1) is 0 Å². The van der Waals surface area contributed by atoms with Crippen LogP contribution in [0.3, 0.4) is 0 Å². The van der Waals surface area contributed by atoms with Gasteiger partial charge in [-0.3, -0.25) is 4.18 Å². The summed E-state index contributed by atoms with van der Waals surface area (Å²) in [6.45, 7) is 0.779. The van der Waals surface area contributed by atoms with Crippen LogP contribution in [0.2, 0.25) is 0 Å². The maximum atomic E-state index is 11.6. The molecule has 3 saturated carbocycles. The van der Waals surface area contributed by atoms with E-state index in [2.05, 4.69) is 0 Å². The van der Waals surface area contributed by atoms with Crippen LogP contribution in [0.4, 0.5) is 0 Å². The highest BCUT2D eigenvalue weighted by Gasteiger charge is 2.59. The van der Waals surface area contributed by atoms with E-state index >= 15 is 0 Å². The van der Waals surface area contributed by atoms with Gasteiger partial charge in [0, 0.05) is 12.5 Å². The summed E-state index contributed by atoms with van der Waals surface area (Å²) in [5, 5.41) is 0. The van der Waals surface area contributed by atoms with E-state index in [1.165, 1.54) is 12.8 Å². The molecule has 4 rings (SSSR count). The standard InChI is InChI=1S/C16H26O5S/c1-22(17,18)21-13-9-11-6-5-10-8-12(16(13)15(10)11)20-14-4-2-3-7-19-14/h10-16H,2-9H2,1H3/t10-,11-,12+,13-,14+,15-,16+/m0/s1. The van der Waals surface area contributed by atoms with E-state index in [1.54, 1.807) is 0 Å². The van der Waals surface area contributed by atoms with E-state index < -0.39 is 10.1 Å². The van der Waals surface area contributed by atoms with Crippen molar-refractivity contribution in [3.05, 3.63) is 0 Å². The van der Waals surface area contributed by atoms with Crippen molar-refractivity contribution in [3.63, 3.8) is 0 Å². The van der Waals surface area contributed by atoms with Crippen LogP contribution in [-0.4, -0.2) is 39.8 Å². The Hall–Kier alpha value is -0.170. The Kier molecular flexibility index (Phi) is 4.00. The maximum Gasteiger partial charge on any atom is 0.264 e. The van der Waals surface area contributed by atoms with Gasteiger partial charge in [-0.2, -0.15) is 8.42 Å². The molecule has 1 saturated heterocycles. The molecule has 0 unspecified atom stereocenters. The first-order valence-electron chi connectivity index (χ1n) is 8.66. The lowest BCUT2D eigenvalue weighted by Crippen LogP contribution is -2.36. The van der Waals surface area contributed by atoms with Crippen LogP contribution in [-0.2, 0) is 23.8 Å². The van der Waals surface area contributed by atoms with Crippen LogP contribution in [0.5, 0.6) is 0 Å². The first kappa shape index (κ1) is 15.4. The van der Waals surface area contributed by atoms with Gasteiger partial charge in [0.15, 0.2) is 6.29 Å². The SMILES string of the molecule is CS(=O)(=O)O[C@H]1C[C@@H]2CC[C@H]3C[C@@H](O[C@@H]4CCCCO4)[C@H]1[C@H]23. The van der Waals surface area contributed by atoms with E-state index in [4.69, 9.17) is 13.7 Å². The third kappa shape index (κ3) is 2.83. The van der Waals surface area contributed by atoms with Crippen molar-refractivity contribution in [2.24, 2.45) is 23.7 Å². The largest absolute Gasteiger partial charge is 0.353 e. The van der Waals surface area contributed by atoms with Crippen molar-refractivity contribution in [1.29, 1.82) is 0 Å². The lowest BCUT2D eigenvalue weighted by molar-refractivity contribution is -0.199. The molecule has 0 aromatic carbocycles. The zero-order valence-electron chi connectivity index (χ0n) is 13.1. The highest BCUT2D eigenvalue weighted by Crippen LogP contribution is 2.60. The smallest absolute Gasteiger partial charge is 0.264 e. The Labute approximate surface area is 132 Å². The van der Waals surface area contributed by atoms with Gasteiger partial charge in [-0.25, -0.2) is 0 Å². The fourth-order valence-corrected chi connectivity index (χ4v) is 6.17. The highest BCUT2D eigenvalue weighted by molar-refractivity contribution is 7.86. The summed E-state index contributed by atoms with van der Waals surface area (Å²) < 4.78 is 40.6. The topological polar surface area (TPSA) is 61.8 Å². The van der Waals surface area contributed by atoms with Crippen LogP contribution >= 0.6 is 0 Å². The third-order valence-electron chi connectivity index (χ3n) is 6.13. The van der Waals surface area contributed by atoms with Crippen LogP contribution in [0.15, 0.2) is 0 Å². The van der Waals surface area contributed by atoms with Gasteiger partial charge in [-0.05, 0) is 62.7 Å². The molecule has 126 valence electrons. The highest BCUT2D eigenvalue weighted by atomic mass is 32.2. The van der Waals surface area contributed by atoms with Gasteiger partial charge in [-0.1, -0.05) is 0 Å². The summed E-state index contributed by atoms with van der Waals surface area (Å²) >= 11 is 0. The molecule has 7 atom stereocenters. The van der Waals surface area contributed by atoms with Crippen LogP contribution in [0.25, 0.3) is 0 Å². The fourth-order valence-electron chi connectivity index (χ4n) is 5.51. The van der Waals surface area contributed by atoms with E-state index in [1.807, 2.05) is 0 Å². The van der Waals surface area contributed by atoms with E-state index in [-0.39, 0.29) is 24.4 Å². The molecular formula is C16H26O5S. The fraction of sp³-hybridized carbons (Fsp3) is 1.00. The Balaban J connectivity index is 1.50. The van der Waals surface area contributed by atoms with E-state index in [0.29, 0.717) is 17.8 Å². The van der Waals surface area contributed by atoms with Crippen LogP contribution < -0.4 is 0 Å². The summed E-state index contributed by atoms with van der Waals surface area (Å²) in [5.74, 6) is 2.15. The van der Waals surface area contributed by atoms with Crippen molar-refractivity contribution in [2.45, 2.75) is 63.4 Å². The molecule has 0 bridgehead atoms. The number of hydrogen-bond acceptors (Lipinski definition) is 5. The summed E-state index contributed by atoms with van der Waals surface area (Å²) in [5.41, 5.74) is 0. The zero-order valence-corrected chi connectivity index (χ0v) is 14.0. The van der Waals surface area contributed by atoms with E-state index in [0.717, 1.165) is 45.0 Å². The Morgan fingerprint density at radius 1 is 0.955 bits per heavy atom. The summed E-state index contributed by atoms with van der Waals surface area (Å²) in [7, 11) is -3.41. The third-order valence-corrected chi connectivity index (χ3v) is 6.73. The molecule has 0 aromatic heterocycles. The van der Waals surface area contributed by atoms with Crippen molar-refractivity contribution in [2.75, 3.05) is 12.9 Å². The van der Waals surface area contributed by atoms with Crippen molar-refractivity contribution in [1.82, 2.24) is 0 Å². The second-order valence-electron chi connectivity index (χ2n) is 7.53. The zero-order chi connectivity index (χ0) is 15.3. The number of hydrogen-bond donors (Lipinski definition) is 0. The summed E-state index contributed by atoms with van der Waals surface area (Å²) in [4.78, 5) is 0. The second kappa shape index (κ2) is 5.72. The molecule has 0 amide bonds. The van der Waals surface area contributed by atoms with E-state index in [9.17, 15) is 8.42 Å². The lowest BCUT2D eigenvalue weighted by atomic mass is 9.92. The maximum absolute atomic E-state index is 11.6. The molecule has 0 N–H and O–H groups in total. The molecule has 4 aliphatic rings. The van der Waals surface area contributed by atoms with Gasteiger partial charge < -0.3 is 9.47 Å². The second-order valence-corrected chi connectivity index (χ2v) is 9.13. The lowest BCUT2D eigenvalue weighted by Gasteiger charge is -2.30. The first-order chi connectivity index (χ1) is 10.5. The minimum absolute atomic E-state index is 0.101. The molecule has 4 fully saturated rings. The molecule has 22 heavy (non-hydrogen) atoms. The van der Waals surface area contributed by atoms with Gasteiger partial charge in [0.2, 0.25) is 0 Å². The van der Waals surface area contributed by atoms with Gasteiger partial charge in [0.25, 0.3) is 10.1 Å². The normalized spacial score (nSPS) is 47.8. The molecule has 3 aliphatic carbocycles. The molecule has 0 radical (unpaired) electrons. The molecular weight excluding hydrogens is 304 g/mol. The average molecular weight is 330 g/mol. The summed E-state index contributed by atoms with van der Waals surface area (Å²) in [6.07, 6.45) is 8.62. The van der Waals surface area contributed by atoms with Crippen molar-refractivity contribution in [3.8, 4) is 0 Å². The Morgan fingerprint density at radius 2 is 1.68 bits per heavy atom. The average Bonchev–Trinajstić information content (AvgIpc) is 3.07. The minimum Gasteiger partial charge on any atom is -0.353 e. The Bertz CT molecular complexity index is 513. The van der Waals surface area contributed by atoms with Gasteiger partial charge in [0.1, 0.15) is 0 Å². The van der Waals surface area contributed by atoms with Crippen molar-refractivity contribution >= 4 is 10.1 Å². The number of rotatable bonds is 4. The summed E-state index contributed by atoms with van der Waals surface area (Å²) in [6, 6.07) is 0. The predicted molar refractivity (Wildman–Crippen MR) is 80.6 cm³/mol. The number of ether oxygens (including phenoxy) is 2. The van der Waals surface area contributed by atoms with Crippen LogP contribution in [0.1, 0.15) is 44.9 Å². The molecule has 0 spiro atoms. The quantitative estimate of drug-likeness (QED) is 0.740. The van der Waals surface area contributed by atoms with Crippen molar-refractivity contribution < 1.29 is 22.1 Å². The first-order valence-corrected chi connectivity index (χ1v) is 10.5. The van der Waals surface area contributed by atoms with Gasteiger partial charge >= 0.3 is 0 Å². The van der Waals surface area contributed by atoms with Crippen LogP contribution in [0, 0.1) is 23.7 Å². The molecule has 1 aliphatic heterocycles. The molecule has 5 nitrogen and oxygen atoms in total. The molecule has 0 aromatic rings. The minimum atomic E-state index is -3.41. The monoisotopic (exact) mass is 330 g/mol.